The summed E-state index contributed by atoms with van der Waals surface area (Å²) in [5.41, 5.74) is 3.61. The zero-order chi connectivity index (χ0) is 24.6. The van der Waals surface area contributed by atoms with Crippen molar-refractivity contribution in [1.82, 2.24) is 10.2 Å². The molecule has 0 aliphatic carbocycles. The number of carbonyl (C=O) groups excluding carboxylic acids is 2. The van der Waals surface area contributed by atoms with Gasteiger partial charge in [-0.15, -0.1) is 0 Å². The first-order valence-electron chi connectivity index (χ1n) is 11.2. The Labute approximate surface area is 197 Å². The van der Waals surface area contributed by atoms with Crippen LogP contribution in [0.4, 0.5) is 5.69 Å². The third kappa shape index (κ3) is 7.32. The highest BCUT2D eigenvalue weighted by Gasteiger charge is 2.28. The number of rotatable bonds is 11. The predicted molar refractivity (Wildman–Crippen MR) is 132 cm³/mol. The smallest absolute Gasteiger partial charge is 0.242 e. The van der Waals surface area contributed by atoms with Crippen molar-refractivity contribution in [2.24, 2.45) is 0 Å². The summed E-state index contributed by atoms with van der Waals surface area (Å²) in [6, 6.07) is 14.5. The molecule has 0 fully saturated rings. The van der Waals surface area contributed by atoms with Crippen molar-refractivity contribution < 1.29 is 18.0 Å². The van der Waals surface area contributed by atoms with Crippen molar-refractivity contribution in [2.45, 2.75) is 52.6 Å². The monoisotopic (exact) mass is 473 g/mol. The van der Waals surface area contributed by atoms with Crippen molar-refractivity contribution in [2.75, 3.05) is 24.2 Å². The number of benzene rings is 2. The number of amides is 2. The van der Waals surface area contributed by atoms with Crippen LogP contribution in [0.3, 0.4) is 0 Å². The Morgan fingerprint density at radius 3 is 2.24 bits per heavy atom. The highest BCUT2D eigenvalue weighted by molar-refractivity contribution is 7.92. The number of hydrogen-bond acceptors (Lipinski definition) is 4. The van der Waals surface area contributed by atoms with Crippen LogP contribution < -0.4 is 9.62 Å². The van der Waals surface area contributed by atoms with Gasteiger partial charge in [-0.25, -0.2) is 8.42 Å². The summed E-state index contributed by atoms with van der Waals surface area (Å²) in [6.45, 7) is 6.28. The first kappa shape index (κ1) is 26.4. The molecule has 0 aliphatic rings. The van der Waals surface area contributed by atoms with Crippen molar-refractivity contribution in [3.05, 3.63) is 65.2 Å². The minimum absolute atomic E-state index is 0.136. The third-order valence-electron chi connectivity index (χ3n) is 5.76. The van der Waals surface area contributed by atoms with Gasteiger partial charge in [0.25, 0.3) is 0 Å². The molecule has 2 rings (SSSR count). The van der Waals surface area contributed by atoms with Crippen LogP contribution in [0.1, 0.15) is 42.9 Å². The number of likely N-dealkylation sites (N-methyl/N-ethyl adjacent to an activating group) is 1. The maximum atomic E-state index is 13.2. The van der Waals surface area contributed by atoms with Crippen LogP contribution in [0.5, 0.6) is 0 Å². The van der Waals surface area contributed by atoms with Gasteiger partial charge < -0.3 is 10.2 Å². The van der Waals surface area contributed by atoms with Gasteiger partial charge in [0.15, 0.2) is 0 Å². The lowest BCUT2D eigenvalue weighted by Crippen LogP contribution is -2.48. The Balaban J connectivity index is 2.18. The molecule has 0 unspecified atom stereocenters. The Kier molecular flexibility index (Phi) is 9.46. The van der Waals surface area contributed by atoms with Gasteiger partial charge >= 0.3 is 0 Å². The molecule has 2 aromatic rings. The van der Waals surface area contributed by atoms with Gasteiger partial charge in [-0.2, -0.15) is 0 Å². The summed E-state index contributed by atoms with van der Waals surface area (Å²) in [4.78, 5) is 27.2. The van der Waals surface area contributed by atoms with Crippen LogP contribution in [0.2, 0.25) is 0 Å². The van der Waals surface area contributed by atoms with E-state index in [-0.39, 0.29) is 24.8 Å². The second-order valence-corrected chi connectivity index (χ2v) is 10.2. The lowest BCUT2D eigenvalue weighted by molar-refractivity contribution is -0.141. The molecule has 1 atom stereocenters. The van der Waals surface area contributed by atoms with E-state index in [1.54, 1.807) is 18.0 Å². The predicted octanol–water partition coefficient (Wildman–Crippen LogP) is 3.40. The van der Waals surface area contributed by atoms with Gasteiger partial charge in [0.1, 0.15) is 6.04 Å². The van der Waals surface area contributed by atoms with E-state index in [0.29, 0.717) is 25.1 Å². The number of nitrogens with zero attached hydrogens (tertiary/aromatic N) is 2. The maximum Gasteiger partial charge on any atom is 0.242 e. The largest absolute Gasteiger partial charge is 0.357 e. The van der Waals surface area contributed by atoms with Gasteiger partial charge in [0.05, 0.1) is 11.9 Å². The number of hydrogen-bond donors (Lipinski definition) is 1. The molecule has 180 valence electrons. The van der Waals surface area contributed by atoms with Crippen LogP contribution in [0.15, 0.2) is 48.5 Å². The SMILES string of the molecule is CC[C@H](C(=O)NC)N(Cc1ccccc1)C(=O)CCCN(c1ccc(C)c(C)c1)S(C)(=O)=O. The molecule has 8 heteroatoms. The first-order valence-corrected chi connectivity index (χ1v) is 13.0. The molecule has 0 aliphatic heterocycles. The molecule has 0 saturated heterocycles. The molecular weight excluding hydrogens is 438 g/mol. The second kappa shape index (κ2) is 11.8. The van der Waals surface area contributed by atoms with Crippen molar-refractivity contribution in [1.29, 1.82) is 0 Å². The zero-order valence-electron chi connectivity index (χ0n) is 20.2. The average molecular weight is 474 g/mol. The molecule has 0 aromatic heterocycles. The molecule has 0 radical (unpaired) electrons. The topological polar surface area (TPSA) is 86.8 Å². The Morgan fingerprint density at radius 2 is 1.70 bits per heavy atom. The standard InChI is InChI=1S/C25H35N3O4S/c1-6-23(25(30)26-4)27(18-21-11-8-7-9-12-21)24(29)13-10-16-28(33(5,31)32)22-15-14-19(2)20(3)17-22/h7-9,11-12,14-15,17,23H,6,10,13,16,18H2,1-5H3,(H,26,30)/t23-/m1/s1. The fourth-order valence-corrected chi connectivity index (χ4v) is 4.71. The van der Waals surface area contributed by atoms with Gasteiger partial charge in [-0.05, 0) is 55.5 Å². The van der Waals surface area contributed by atoms with Gasteiger partial charge in [-0.3, -0.25) is 13.9 Å². The summed E-state index contributed by atoms with van der Waals surface area (Å²) in [5.74, 6) is -0.391. The lowest BCUT2D eigenvalue weighted by Gasteiger charge is -2.30. The van der Waals surface area contributed by atoms with E-state index < -0.39 is 16.1 Å². The molecular formula is C25H35N3O4S. The molecule has 2 aromatic carbocycles. The average Bonchev–Trinajstić information content (AvgIpc) is 2.78. The molecule has 0 bridgehead atoms. The minimum Gasteiger partial charge on any atom is -0.357 e. The zero-order valence-corrected chi connectivity index (χ0v) is 21.0. The number of carbonyl (C=O) groups is 2. The number of aryl methyl sites for hydroxylation is 2. The summed E-state index contributed by atoms with van der Waals surface area (Å²) in [6.07, 6.45) is 2.13. The van der Waals surface area contributed by atoms with Crippen LogP contribution in [0.25, 0.3) is 0 Å². The Morgan fingerprint density at radius 1 is 1.03 bits per heavy atom. The van der Waals surface area contributed by atoms with E-state index in [0.717, 1.165) is 16.7 Å². The summed E-state index contributed by atoms with van der Waals surface area (Å²) < 4.78 is 26.2. The Hall–Kier alpha value is -2.87. The lowest BCUT2D eigenvalue weighted by atomic mass is 10.1. The Bertz CT molecular complexity index is 1050. The van der Waals surface area contributed by atoms with Gasteiger partial charge in [0.2, 0.25) is 21.8 Å². The van der Waals surface area contributed by atoms with E-state index in [1.807, 2.05) is 63.2 Å². The number of nitrogens with one attached hydrogen (secondary N) is 1. The van der Waals surface area contributed by atoms with Crippen molar-refractivity contribution in [3.8, 4) is 0 Å². The normalized spacial score (nSPS) is 12.2. The van der Waals surface area contributed by atoms with Crippen LogP contribution in [-0.4, -0.2) is 51.0 Å². The number of sulfonamides is 1. The fourth-order valence-electron chi connectivity index (χ4n) is 3.75. The second-order valence-electron chi connectivity index (χ2n) is 8.25. The molecule has 1 N–H and O–H groups in total. The molecule has 2 amide bonds. The highest BCUT2D eigenvalue weighted by atomic mass is 32.2. The summed E-state index contributed by atoms with van der Waals surface area (Å²) >= 11 is 0. The maximum absolute atomic E-state index is 13.2. The van der Waals surface area contributed by atoms with Crippen LogP contribution in [0, 0.1) is 13.8 Å². The summed E-state index contributed by atoms with van der Waals surface area (Å²) in [7, 11) is -1.95. The fraction of sp³-hybridized carbons (Fsp3) is 0.440. The van der Waals surface area contributed by atoms with Crippen molar-refractivity contribution >= 4 is 27.5 Å². The molecule has 0 saturated carbocycles. The van der Waals surface area contributed by atoms with Gasteiger partial charge in [0, 0.05) is 26.6 Å². The van der Waals surface area contributed by atoms with Crippen molar-refractivity contribution in [3.63, 3.8) is 0 Å². The molecule has 7 nitrogen and oxygen atoms in total. The quantitative estimate of drug-likeness (QED) is 0.542. The number of anilines is 1. The van der Waals surface area contributed by atoms with Crippen LogP contribution in [-0.2, 0) is 26.2 Å². The van der Waals surface area contributed by atoms with E-state index in [9.17, 15) is 18.0 Å². The summed E-state index contributed by atoms with van der Waals surface area (Å²) in [5, 5.41) is 2.64. The minimum atomic E-state index is -3.51. The third-order valence-corrected chi connectivity index (χ3v) is 6.95. The van der Waals surface area contributed by atoms with E-state index in [2.05, 4.69) is 5.32 Å². The van der Waals surface area contributed by atoms with Crippen LogP contribution >= 0.6 is 0 Å². The van der Waals surface area contributed by atoms with E-state index >= 15 is 0 Å². The highest BCUT2D eigenvalue weighted by Crippen LogP contribution is 2.22. The van der Waals surface area contributed by atoms with E-state index in [4.69, 9.17) is 0 Å². The molecule has 0 heterocycles. The first-order chi connectivity index (χ1) is 15.6. The van der Waals surface area contributed by atoms with E-state index in [1.165, 1.54) is 10.6 Å². The molecule has 0 spiro atoms. The molecule has 33 heavy (non-hydrogen) atoms. The van der Waals surface area contributed by atoms with Gasteiger partial charge in [-0.1, -0.05) is 43.3 Å².